The van der Waals surface area contributed by atoms with Crippen LogP contribution in [0.15, 0.2) is 0 Å². The van der Waals surface area contributed by atoms with Crippen LogP contribution in [0.2, 0.25) is 0 Å². The lowest BCUT2D eigenvalue weighted by atomic mass is 10.0. The number of hydrogen-bond donors (Lipinski definition) is 2. The predicted molar refractivity (Wildman–Crippen MR) is 59.8 cm³/mol. The van der Waals surface area contributed by atoms with Gasteiger partial charge in [0.25, 0.3) is 0 Å². The van der Waals surface area contributed by atoms with E-state index >= 15 is 0 Å². The van der Waals surface area contributed by atoms with Crippen molar-refractivity contribution in [1.82, 2.24) is 5.32 Å². The Hall–Kier alpha value is -0.120. The smallest absolute Gasteiger partial charge is 0.0580 e. The molecule has 1 aliphatic carbocycles. The number of hydrogen-bond acceptors (Lipinski definition) is 3. The fraction of sp³-hybridized carbons (Fsp3) is 1.00. The van der Waals surface area contributed by atoms with Crippen LogP contribution in [0.25, 0.3) is 0 Å². The molecule has 1 heterocycles. The maximum atomic E-state index is 9.71. The Kier molecular flexibility index (Phi) is 4.42. The first-order valence-electron chi connectivity index (χ1n) is 6.35. The maximum Gasteiger partial charge on any atom is 0.0580 e. The fourth-order valence-corrected chi connectivity index (χ4v) is 2.68. The second-order valence-corrected chi connectivity index (χ2v) is 4.91. The summed E-state index contributed by atoms with van der Waals surface area (Å²) in [5.74, 6) is 0.495. The second kappa shape index (κ2) is 5.83. The molecule has 2 aliphatic rings. The molecule has 2 rings (SSSR count). The maximum absolute atomic E-state index is 9.71. The van der Waals surface area contributed by atoms with Crippen molar-refractivity contribution in [3.8, 4) is 0 Å². The van der Waals surface area contributed by atoms with Gasteiger partial charge in [0, 0.05) is 25.8 Å². The van der Waals surface area contributed by atoms with Gasteiger partial charge >= 0.3 is 0 Å². The van der Waals surface area contributed by atoms with Gasteiger partial charge in [0.1, 0.15) is 0 Å². The minimum Gasteiger partial charge on any atom is -0.393 e. The van der Waals surface area contributed by atoms with Gasteiger partial charge in [0.05, 0.1) is 6.10 Å². The standard InChI is InChI=1S/C12H23NO2/c14-12-5-1-3-10(12)9-13-11-4-2-7-15-8-6-11/h10-14H,1-9H2. The van der Waals surface area contributed by atoms with Crippen LogP contribution < -0.4 is 5.32 Å². The molecule has 1 aliphatic heterocycles. The van der Waals surface area contributed by atoms with Crippen LogP contribution in [0.1, 0.15) is 38.5 Å². The molecule has 2 fully saturated rings. The summed E-state index contributed by atoms with van der Waals surface area (Å²) < 4.78 is 5.43. The van der Waals surface area contributed by atoms with Gasteiger partial charge in [-0.1, -0.05) is 6.42 Å². The van der Waals surface area contributed by atoms with Crippen LogP contribution in [0.4, 0.5) is 0 Å². The molecule has 1 saturated heterocycles. The lowest BCUT2D eigenvalue weighted by Crippen LogP contribution is -2.35. The summed E-state index contributed by atoms with van der Waals surface area (Å²) in [7, 11) is 0. The first-order valence-corrected chi connectivity index (χ1v) is 6.35. The van der Waals surface area contributed by atoms with Crippen LogP contribution in [-0.2, 0) is 4.74 Å². The summed E-state index contributed by atoms with van der Waals surface area (Å²) in [5.41, 5.74) is 0. The first-order chi connectivity index (χ1) is 7.36. The minimum absolute atomic E-state index is 0.0560. The summed E-state index contributed by atoms with van der Waals surface area (Å²) in [4.78, 5) is 0. The van der Waals surface area contributed by atoms with Crippen molar-refractivity contribution in [2.24, 2.45) is 5.92 Å². The fourth-order valence-electron chi connectivity index (χ4n) is 2.68. The summed E-state index contributed by atoms with van der Waals surface area (Å²) in [6.45, 7) is 2.81. The SMILES string of the molecule is OC1CCCC1CNC1CCCOCC1. The third kappa shape index (κ3) is 3.44. The molecule has 88 valence electrons. The summed E-state index contributed by atoms with van der Waals surface area (Å²) >= 11 is 0. The van der Waals surface area contributed by atoms with E-state index in [2.05, 4.69) is 5.32 Å². The van der Waals surface area contributed by atoms with Crippen molar-refractivity contribution in [2.45, 2.75) is 50.7 Å². The molecule has 3 heteroatoms. The molecule has 0 bridgehead atoms. The molecule has 0 amide bonds. The highest BCUT2D eigenvalue weighted by Gasteiger charge is 2.25. The molecule has 0 spiro atoms. The van der Waals surface area contributed by atoms with Gasteiger partial charge in [-0.3, -0.25) is 0 Å². The van der Waals surface area contributed by atoms with Crippen LogP contribution >= 0.6 is 0 Å². The van der Waals surface area contributed by atoms with E-state index in [0.29, 0.717) is 12.0 Å². The van der Waals surface area contributed by atoms with Crippen LogP contribution in [-0.4, -0.2) is 37.0 Å². The normalized spacial score (nSPS) is 37.8. The van der Waals surface area contributed by atoms with Gasteiger partial charge in [-0.2, -0.15) is 0 Å². The zero-order chi connectivity index (χ0) is 10.5. The molecule has 3 nitrogen and oxygen atoms in total. The number of ether oxygens (including phenoxy) is 1. The topological polar surface area (TPSA) is 41.5 Å². The van der Waals surface area contributed by atoms with Gasteiger partial charge in [0.2, 0.25) is 0 Å². The molecular weight excluding hydrogens is 190 g/mol. The Morgan fingerprint density at radius 3 is 2.80 bits per heavy atom. The van der Waals surface area contributed by atoms with Crippen molar-refractivity contribution in [3.63, 3.8) is 0 Å². The van der Waals surface area contributed by atoms with Crippen molar-refractivity contribution >= 4 is 0 Å². The highest BCUT2D eigenvalue weighted by atomic mass is 16.5. The van der Waals surface area contributed by atoms with Gasteiger partial charge < -0.3 is 15.2 Å². The van der Waals surface area contributed by atoms with E-state index in [1.165, 1.54) is 25.7 Å². The average molecular weight is 213 g/mol. The van der Waals surface area contributed by atoms with E-state index in [1.54, 1.807) is 0 Å². The van der Waals surface area contributed by atoms with Gasteiger partial charge in [-0.05, 0) is 38.0 Å². The van der Waals surface area contributed by atoms with E-state index in [0.717, 1.165) is 32.6 Å². The molecule has 0 radical (unpaired) electrons. The summed E-state index contributed by atoms with van der Waals surface area (Å²) in [5, 5.41) is 13.3. The van der Waals surface area contributed by atoms with Crippen molar-refractivity contribution in [2.75, 3.05) is 19.8 Å². The number of aliphatic hydroxyl groups excluding tert-OH is 1. The van der Waals surface area contributed by atoms with E-state index in [-0.39, 0.29) is 6.10 Å². The highest BCUT2D eigenvalue weighted by Crippen LogP contribution is 2.25. The van der Waals surface area contributed by atoms with E-state index in [4.69, 9.17) is 4.74 Å². The molecule has 3 unspecified atom stereocenters. The Balaban J connectivity index is 1.67. The molecule has 15 heavy (non-hydrogen) atoms. The number of nitrogens with one attached hydrogen (secondary N) is 1. The van der Waals surface area contributed by atoms with Crippen molar-refractivity contribution in [1.29, 1.82) is 0 Å². The van der Waals surface area contributed by atoms with Crippen LogP contribution in [0.3, 0.4) is 0 Å². The van der Waals surface area contributed by atoms with Crippen LogP contribution in [0.5, 0.6) is 0 Å². The van der Waals surface area contributed by atoms with E-state index in [9.17, 15) is 5.11 Å². The lowest BCUT2D eigenvalue weighted by Gasteiger charge is -2.20. The zero-order valence-corrected chi connectivity index (χ0v) is 9.45. The number of rotatable bonds is 3. The molecule has 2 N–H and O–H groups in total. The highest BCUT2D eigenvalue weighted by molar-refractivity contribution is 4.80. The molecular formula is C12H23NO2. The monoisotopic (exact) mass is 213 g/mol. The first kappa shape index (κ1) is 11.4. The minimum atomic E-state index is -0.0560. The Morgan fingerprint density at radius 2 is 2.00 bits per heavy atom. The van der Waals surface area contributed by atoms with E-state index in [1.807, 2.05) is 0 Å². The third-order valence-electron chi connectivity index (χ3n) is 3.74. The van der Waals surface area contributed by atoms with Gasteiger partial charge in [-0.25, -0.2) is 0 Å². The Morgan fingerprint density at radius 1 is 1.07 bits per heavy atom. The largest absolute Gasteiger partial charge is 0.393 e. The second-order valence-electron chi connectivity index (χ2n) is 4.91. The Bertz CT molecular complexity index is 178. The summed E-state index contributed by atoms with van der Waals surface area (Å²) in [6.07, 6.45) is 6.86. The van der Waals surface area contributed by atoms with Gasteiger partial charge in [0.15, 0.2) is 0 Å². The molecule has 3 atom stereocenters. The van der Waals surface area contributed by atoms with Crippen molar-refractivity contribution < 1.29 is 9.84 Å². The molecule has 0 aromatic carbocycles. The lowest BCUT2D eigenvalue weighted by molar-refractivity contribution is 0.127. The van der Waals surface area contributed by atoms with Gasteiger partial charge in [-0.15, -0.1) is 0 Å². The quantitative estimate of drug-likeness (QED) is 0.742. The predicted octanol–water partition coefficient (Wildman–Crippen LogP) is 1.31. The molecule has 0 aromatic rings. The number of aliphatic hydroxyl groups is 1. The Labute approximate surface area is 92.2 Å². The molecule has 0 aromatic heterocycles. The average Bonchev–Trinajstić information content (AvgIpc) is 2.53. The zero-order valence-electron chi connectivity index (χ0n) is 9.45. The van der Waals surface area contributed by atoms with Crippen LogP contribution in [0, 0.1) is 5.92 Å². The third-order valence-corrected chi connectivity index (χ3v) is 3.74. The molecule has 1 saturated carbocycles. The summed E-state index contributed by atoms with van der Waals surface area (Å²) in [6, 6.07) is 0.611. The van der Waals surface area contributed by atoms with E-state index < -0.39 is 0 Å². The van der Waals surface area contributed by atoms with Crippen molar-refractivity contribution in [3.05, 3.63) is 0 Å².